The predicted octanol–water partition coefficient (Wildman–Crippen LogP) is 1.89. The maximum absolute atomic E-state index is 5.52. The molecule has 4 nitrogen and oxygen atoms in total. The second-order valence-corrected chi connectivity index (χ2v) is 6.70. The van der Waals surface area contributed by atoms with Crippen LogP contribution in [0.25, 0.3) is 0 Å². The van der Waals surface area contributed by atoms with E-state index >= 15 is 0 Å². The number of rotatable bonds is 9. The van der Waals surface area contributed by atoms with E-state index in [0.29, 0.717) is 18.2 Å². The van der Waals surface area contributed by atoms with Gasteiger partial charge in [0.2, 0.25) is 0 Å². The summed E-state index contributed by atoms with van der Waals surface area (Å²) in [6.07, 6.45) is 5.22. The molecule has 2 unspecified atom stereocenters. The van der Waals surface area contributed by atoms with E-state index in [-0.39, 0.29) is 0 Å². The predicted molar refractivity (Wildman–Crippen MR) is 82.1 cm³/mol. The quantitative estimate of drug-likeness (QED) is 0.656. The third-order valence-electron chi connectivity index (χ3n) is 4.85. The van der Waals surface area contributed by atoms with Crippen molar-refractivity contribution in [1.29, 1.82) is 0 Å². The number of ether oxygens (including phenoxy) is 2. The second kappa shape index (κ2) is 7.74. The van der Waals surface area contributed by atoms with Gasteiger partial charge in [0.15, 0.2) is 0 Å². The van der Waals surface area contributed by atoms with Crippen molar-refractivity contribution in [3.8, 4) is 0 Å². The molecule has 1 aliphatic heterocycles. The van der Waals surface area contributed by atoms with Crippen LogP contribution in [0, 0.1) is 5.92 Å². The minimum atomic E-state index is 0.363. The topological polar surface area (TPSA) is 33.7 Å². The first-order chi connectivity index (χ1) is 9.65. The Kier molecular flexibility index (Phi) is 6.27. The summed E-state index contributed by atoms with van der Waals surface area (Å²) in [5.74, 6) is 0.912. The molecule has 1 heterocycles. The van der Waals surface area contributed by atoms with Gasteiger partial charge in [-0.15, -0.1) is 0 Å². The molecule has 1 saturated heterocycles. The lowest BCUT2D eigenvalue weighted by molar-refractivity contribution is 0.0600. The Hall–Kier alpha value is -0.160. The van der Waals surface area contributed by atoms with Gasteiger partial charge in [0.25, 0.3) is 0 Å². The van der Waals surface area contributed by atoms with Crippen LogP contribution in [-0.4, -0.2) is 63.0 Å². The smallest absolute Gasteiger partial charge is 0.0700 e. The fraction of sp³-hybridized carbons (Fsp3) is 1.00. The molecule has 20 heavy (non-hydrogen) atoms. The largest absolute Gasteiger partial charge is 0.382 e. The van der Waals surface area contributed by atoms with Gasteiger partial charge in [-0.2, -0.15) is 0 Å². The molecule has 2 atom stereocenters. The van der Waals surface area contributed by atoms with Crippen LogP contribution in [0.3, 0.4) is 0 Å². The van der Waals surface area contributed by atoms with Crippen molar-refractivity contribution < 1.29 is 9.47 Å². The van der Waals surface area contributed by atoms with E-state index in [1.165, 1.54) is 32.4 Å². The molecule has 1 N–H and O–H groups in total. The lowest BCUT2D eigenvalue weighted by atomic mass is 9.91. The van der Waals surface area contributed by atoms with Crippen molar-refractivity contribution in [2.45, 2.75) is 51.1 Å². The van der Waals surface area contributed by atoms with Gasteiger partial charge in [0.1, 0.15) is 0 Å². The summed E-state index contributed by atoms with van der Waals surface area (Å²) in [5, 5.41) is 3.78. The molecule has 118 valence electrons. The summed E-state index contributed by atoms with van der Waals surface area (Å²) < 4.78 is 10.5. The zero-order valence-corrected chi connectivity index (χ0v) is 13.5. The van der Waals surface area contributed by atoms with Gasteiger partial charge in [-0.3, -0.25) is 4.90 Å². The number of piperazine rings is 1. The van der Waals surface area contributed by atoms with E-state index in [1.54, 1.807) is 7.11 Å². The van der Waals surface area contributed by atoms with E-state index in [9.17, 15) is 0 Å². The third-order valence-corrected chi connectivity index (χ3v) is 4.85. The minimum absolute atomic E-state index is 0.363. The van der Waals surface area contributed by atoms with Gasteiger partial charge >= 0.3 is 0 Å². The summed E-state index contributed by atoms with van der Waals surface area (Å²) in [4.78, 5) is 2.67. The second-order valence-electron chi connectivity index (χ2n) is 6.70. The molecule has 0 aromatic rings. The molecule has 0 spiro atoms. The van der Waals surface area contributed by atoms with E-state index in [0.717, 1.165) is 32.1 Å². The van der Waals surface area contributed by atoms with E-state index in [4.69, 9.17) is 9.47 Å². The molecule has 0 radical (unpaired) electrons. The van der Waals surface area contributed by atoms with Crippen LogP contribution in [-0.2, 0) is 9.47 Å². The Balaban J connectivity index is 1.61. The van der Waals surface area contributed by atoms with E-state index in [2.05, 4.69) is 24.1 Å². The van der Waals surface area contributed by atoms with Gasteiger partial charge in [-0.25, -0.2) is 0 Å². The first kappa shape index (κ1) is 16.2. The van der Waals surface area contributed by atoms with Gasteiger partial charge in [0.05, 0.1) is 13.2 Å². The Morgan fingerprint density at radius 3 is 2.70 bits per heavy atom. The molecule has 2 fully saturated rings. The van der Waals surface area contributed by atoms with Crippen LogP contribution in [0.15, 0.2) is 0 Å². The summed E-state index contributed by atoms with van der Waals surface area (Å²) >= 11 is 0. The molecule has 2 aliphatic rings. The Morgan fingerprint density at radius 1 is 1.20 bits per heavy atom. The van der Waals surface area contributed by atoms with Crippen molar-refractivity contribution in [2.24, 2.45) is 5.92 Å². The molecule has 4 heteroatoms. The lowest BCUT2D eigenvalue weighted by Crippen LogP contribution is -2.63. The molecule has 1 saturated carbocycles. The number of nitrogens with zero attached hydrogens (tertiary/aromatic N) is 1. The summed E-state index contributed by atoms with van der Waals surface area (Å²) in [7, 11) is 1.71. The fourth-order valence-electron chi connectivity index (χ4n) is 3.20. The SMILES string of the molecule is COCCOCCCCN1CC(C)(C2CC2)NCC1C. The number of nitrogens with one attached hydrogen (secondary N) is 1. The number of methoxy groups -OCH3 is 1. The standard InChI is InChI=1S/C16H32N2O2/c1-14-12-17-16(2,15-6-7-15)13-18(14)8-4-5-9-20-11-10-19-3/h14-15,17H,4-13H2,1-3H3. The van der Waals surface area contributed by atoms with E-state index in [1.807, 2.05) is 0 Å². The van der Waals surface area contributed by atoms with Crippen molar-refractivity contribution >= 4 is 0 Å². The molecule has 2 rings (SSSR count). The van der Waals surface area contributed by atoms with Gasteiger partial charge in [0, 0.05) is 38.4 Å². The monoisotopic (exact) mass is 284 g/mol. The van der Waals surface area contributed by atoms with Crippen LogP contribution in [0.1, 0.15) is 39.5 Å². The summed E-state index contributed by atoms with van der Waals surface area (Å²) in [6, 6.07) is 0.663. The van der Waals surface area contributed by atoms with Crippen LogP contribution < -0.4 is 5.32 Å². The van der Waals surface area contributed by atoms with Gasteiger partial charge in [-0.05, 0) is 52.0 Å². The average Bonchev–Trinajstić information content (AvgIpc) is 3.27. The van der Waals surface area contributed by atoms with Crippen LogP contribution in [0.2, 0.25) is 0 Å². The van der Waals surface area contributed by atoms with Crippen molar-refractivity contribution in [2.75, 3.05) is 46.6 Å². The summed E-state index contributed by atoms with van der Waals surface area (Å²) in [5.41, 5.74) is 0.363. The highest BCUT2D eigenvalue weighted by Crippen LogP contribution is 2.41. The summed E-state index contributed by atoms with van der Waals surface area (Å²) in [6.45, 7) is 10.6. The minimum Gasteiger partial charge on any atom is -0.382 e. The van der Waals surface area contributed by atoms with Crippen molar-refractivity contribution in [3.05, 3.63) is 0 Å². The maximum Gasteiger partial charge on any atom is 0.0700 e. The van der Waals surface area contributed by atoms with Crippen molar-refractivity contribution in [3.63, 3.8) is 0 Å². The highest BCUT2D eigenvalue weighted by Gasteiger charge is 2.44. The van der Waals surface area contributed by atoms with Crippen LogP contribution in [0.5, 0.6) is 0 Å². The highest BCUT2D eigenvalue weighted by molar-refractivity contribution is 5.03. The molecular weight excluding hydrogens is 252 g/mol. The van der Waals surface area contributed by atoms with Crippen molar-refractivity contribution in [1.82, 2.24) is 10.2 Å². The van der Waals surface area contributed by atoms with Gasteiger partial charge in [-0.1, -0.05) is 0 Å². The number of hydrogen-bond donors (Lipinski definition) is 1. The Morgan fingerprint density at radius 2 is 2.00 bits per heavy atom. The molecule has 0 aromatic heterocycles. The first-order valence-corrected chi connectivity index (χ1v) is 8.21. The highest BCUT2D eigenvalue weighted by atomic mass is 16.5. The lowest BCUT2D eigenvalue weighted by Gasteiger charge is -2.45. The first-order valence-electron chi connectivity index (χ1n) is 8.21. The molecular formula is C16H32N2O2. The van der Waals surface area contributed by atoms with Crippen LogP contribution in [0.4, 0.5) is 0 Å². The Labute approximate surface area is 124 Å². The zero-order chi connectivity index (χ0) is 14.4. The number of unbranched alkanes of at least 4 members (excludes halogenated alkanes) is 1. The van der Waals surface area contributed by atoms with E-state index < -0.39 is 0 Å². The van der Waals surface area contributed by atoms with Gasteiger partial charge < -0.3 is 14.8 Å². The fourth-order valence-corrected chi connectivity index (χ4v) is 3.20. The number of hydrogen-bond acceptors (Lipinski definition) is 4. The normalized spacial score (nSPS) is 31.6. The van der Waals surface area contributed by atoms with Crippen LogP contribution >= 0.6 is 0 Å². The molecule has 0 aromatic carbocycles. The zero-order valence-electron chi connectivity index (χ0n) is 13.5. The Bertz CT molecular complexity index is 284. The third kappa shape index (κ3) is 4.69. The molecule has 0 bridgehead atoms. The molecule has 1 aliphatic carbocycles. The average molecular weight is 284 g/mol. The maximum atomic E-state index is 5.52. The molecule has 0 amide bonds.